The van der Waals surface area contributed by atoms with Crippen molar-refractivity contribution in [1.82, 2.24) is 9.55 Å². The van der Waals surface area contributed by atoms with Crippen molar-refractivity contribution in [2.45, 2.75) is 26.8 Å². The second kappa shape index (κ2) is 7.23. The van der Waals surface area contributed by atoms with Crippen LogP contribution in [-0.4, -0.2) is 26.9 Å². The molecule has 122 valence electrons. The second-order valence-corrected chi connectivity index (χ2v) is 5.49. The fourth-order valence-electron chi connectivity index (χ4n) is 2.21. The van der Waals surface area contributed by atoms with Crippen LogP contribution in [0.1, 0.15) is 19.2 Å². The number of nitro groups is 1. The highest BCUT2D eigenvalue weighted by atomic mass is 35.5. The molecular formula is C15H17ClN4O3. The Morgan fingerprint density at radius 2 is 2.04 bits per heavy atom. The van der Waals surface area contributed by atoms with Crippen LogP contribution in [0.15, 0.2) is 30.5 Å². The van der Waals surface area contributed by atoms with Crippen LogP contribution in [0.25, 0.3) is 0 Å². The van der Waals surface area contributed by atoms with Crippen LogP contribution >= 0.6 is 11.6 Å². The molecule has 0 unspecified atom stereocenters. The van der Waals surface area contributed by atoms with Crippen molar-refractivity contribution in [1.29, 1.82) is 0 Å². The molecule has 2 aromatic rings. The van der Waals surface area contributed by atoms with E-state index in [-0.39, 0.29) is 18.3 Å². The molecule has 0 atom stereocenters. The molecule has 0 saturated carbocycles. The maximum Gasteiger partial charge on any atom is 0.381 e. The largest absolute Gasteiger partial charge is 0.381 e. The summed E-state index contributed by atoms with van der Waals surface area (Å²) in [4.78, 5) is 28.3. The molecule has 1 heterocycles. The van der Waals surface area contributed by atoms with Crippen molar-refractivity contribution in [3.05, 3.63) is 51.4 Å². The number of carbonyl (C=O) groups excluding carboxylic acids is 1. The zero-order valence-corrected chi connectivity index (χ0v) is 13.7. The molecule has 0 aliphatic rings. The number of carbonyl (C=O) groups is 1. The first kappa shape index (κ1) is 17.0. The highest BCUT2D eigenvalue weighted by molar-refractivity contribution is 6.30. The molecule has 2 rings (SSSR count). The van der Waals surface area contributed by atoms with E-state index in [9.17, 15) is 14.9 Å². The van der Waals surface area contributed by atoms with Crippen molar-refractivity contribution in [2.24, 2.45) is 0 Å². The molecule has 7 nitrogen and oxygen atoms in total. The van der Waals surface area contributed by atoms with E-state index in [2.05, 4.69) is 4.98 Å². The van der Waals surface area contributed by atoms with E-state index in [0.717, 1.165) is 12.1 Å². The molecule has 0 aliphatic carbocycles. The number of amides is 1. The van der Waals surface area contributed by atoms with Gasteiger partial charge in [0.1, 0.15) is 12.7 Å². The van der Waals surface area contributed by atoms with E-state index >= 15 is 0 Å². The summed E-state index contributed by atoms with van der Waals surface area (Å²) in [6.45, 7) is 4.15. The Bertz CT molecular complexity index is 712. The van der Waals surface area contributed by atoms with Gasteiger partial charge in [0.05, 0.1) is 0 Å². The summed E-state index contributed by atoms with van der Waals surface area (Å²) in [5.74, 6) is 0.00556. The normalized spacial score (nSPS) is 10.6. The first-order valence-electron chi connectivity index (χ1n) is 7.16. The number of anilines is 1. The second-order valence-electron chi connectivity index (χ2n) is 5.05. The number of imidazole rings is 1. The van der Waals surface area contributed by atoms with Gasteiger partial charge in [0.2, 0.25) is 11.7 Å². The topological polar surface area (TPSA) is 81.3 Å². The summed E-state index contributed by atoms with van der Waals surface area (Å²) in [6.07, 6.45) is 2.07. The smallest absolute Gasteiger partial charge is 0.358 e. The Balaban J connectivity index is 2.21. The highest BCUT2D eigenvalue weighted by Crippen LogP contribution is 2.19. The Morgan fingerprint density at radius 3 is 2.57 bits per heavy atom. The number of halogens is 1. The van der Waals surface area contributed by atoms with Crippen LogP contribution in [-0.2, 0) is 11.3 Å². The average molecular weight is 337 g/mol. The lowest BCUT2D eigenvalue weighted by Crippen LogP contribution is -2.34. The minimum Gasteiger partial charge on any atom is -0.358 e. The van der Waals surface area contributed by atoms with Crippen LogP contribution < -0.4 is 4.90 Å². The number of benzene rings is 1. The minimum absolute atomic E-state index is 0.00466. The zero-order valence-electron chi connectivity index (χ0n) is 12.9. The summed E-state index contributed by atoms with van der Waals surface area (Å²) in [6, 6.07) is 7.00. The van der Waals surface area contributed by atoms with Crippen LogP contribution in [0.4, 0.5) is 11.5 Å². The van der Waals surface area contributed by atoms with Crippen molar-refractivity contribution >= 4 is 29.0 Å². The predicted octanol–water partition coefficient (Wildman–Crippen LogP) is 3.20. The van der Waals surface area contributed by atoms with E-state index in [0.29, 0.717) is 17.4 Å². The monoisotopic (exact) mass is 336 g/mol. The zero-order chi connectivity index (χ0) is 17.0. The number of rotatable bonds is 6. The number of aromatic nitrogens is 2. The highest BCUT2D eigenvalue weighted by Gasteiger charge is 2.20. The number of nitrogens with zero attached hydrogens (tertiary/aromatic N) is 4. The van der Waals surface area contributed by atoms with Gasteiger partial charge in [-0.1, -0.05) is 18.5 Å². The van der Waals surface area contributed by atoms with Crippen LogP contribution in [0, 0.1) is 17.0 Å². The van der Waals surface area contributed by atoms with E-state index < -0.39 is 4.92 Å². The van der Waals surface area contributed by atoms with Gasteiger partial charge >= 0.3 is 5.82 Å². The molecule has 0 fully saturated rings. The molecule has 0 aliphatic heterocycles. The van der Waals surface area contributed by atoms with Gasteiger partial charge < -0.3 is 15.0 Å². The lowest BCUT2D eigenvalue weighted by atomic mass is 10.2. The van der Waals surface area contributed by atoms with Crippen molar-refractivity contribution < 1.29 is 9.72 Å². The molecule has 1 aromatic heterocycles. The third-order valence-corrected chi connectivity index (χ3v) is 3.59. The lowest BCUT2D eigenvalue weighted by Gasteiger charge is -2.22. The van der Waals surface area contributed by atoms with Crippen molar-refractivity contribution in [3.63, 3.8) is 0 Å². The van der Waals surface area contributed by atoms with Gasteiger partial charge in [-0.3, -0.25) is 9.36 Å². The Hall–Kier alpha value is -2.41. The molecule has 1 aromatic carbocycles. The Morgan fingerprint density at radius 1 is 1.39 bits per heavy atom. The van der Waals surface area contributed by atoms with E-state index in [1.54, 1.807) is 36.1 Å². The van der Waals surface area contributed by atoms with Gasteiger partial charge in [0.25, 0.3) is 0 Å². The number of hydrogen-bond acceptors (Lipinski definition) is 4. The standard InChI is InChI=1S/C15H17ClN4O3/c1-3-8-19(13-6-4-12(16)5-7-13)15(21)10-18-9-14(20(22)23)17-11(18)2/h4-7,9H,3,8,10H2,1-2H3. The van der Waals surface area contributed by atoms with Crippen molar-refractivity contribution in [3.8, 4) is 0 Å². The maximum absolute atomic E-state index is 12.6. The van der Waals surface area contributed by atoms with Crippen LogP contribution in [0.5, 0.6) is 0 Å². The first-order valence-corrected chi connectivity index (χ1v) is 7.54. The van der Waals surface area contributed by atoms with Gasteiger partial charge in [-0.05, 0) is 40.6 Å². The van der Waals surface area contributed by atoms with Gasteiger partial charge in [-0.15, -0.1) is 0 Å². The van der Waals surface area contributed by atoms with Gasteiger partial charge in [0.15, 0.2) is 0 Å². The molecule has 0 bridgehead atoms. The summed E-state index contributed by atoms with van der Waals surface area (Å²) in [7, 11) is 0. The first-order chi connectivity index (χ1) is 10.9. The Kier molecular flexibility index (Phi) is 5.33. The molecule has 0 spiro atoms. The van der Waals surface area contributed by atoms with Crippen LogP contribution in [0.2, 0.25) is 5.02 Å². The summed E-state index contributed by atoms with van der Waals surface area (Å²) < 4.78 is 1.49. The lowest BCUT2D eigenvalue weighted by molar-refractivity contribution is -0.389. The number of hydrogen-bond donors (Lipinski definition) is 0. The van der Waals surface area contributed by atoms with Crippen LogP contribution in [0.3, 0.4) is 0 Å². The van der Waals surface area contributed by atoms with Crippen molar-refractivity contribution in [2.75, 3.05) is 11.4 Å². The Labute approximate surface area is 138 Å². The summed E-state index contributed by atoms with van der Waals surface area (Å²) in [5.41, 5.74) is 0.744. The predicted molar refractivity (Wildman–Crippen MR) is 87.7 cm³/mol. The van der Waals surface area contributed by atoms with E-state index in [1.165, 1.54) is 10.8 Å². The minimum atomic E-state index is -0.572. The molecule has 23 heavy (non-hydrogen) atoms. The quantitative estimate of drug-likeness (QED) is 0.599. The molecule has 0 radical (unpaired) electrons. The summed E-state index contributed by atoms with van der Waals surface area (Å²) in [5, 5.41) is 11.4. The molecule has 0 saturated heterocycles. The maximum atomic E-state index is 12.6. The van der Waals surface area contributed by atoms with E-state index in [1.807, 2.05) is 6.92 Å². The molecule has 1 amide bonds. The SMILES string of the molecule is CCCN(C(=O)Cn1cc([N+](=O)[O-])nc1C)c1ccc(Cl)cc1. The summed E-state index contributed by atoms with van der Waals surface area (Å²) >= 11 is 5.88. The van der Waals surface area contributed by atoms with Gasteiger partial charge in [-0.25, -0.2) is 0 Å². The third kappa shape index (κ3) is 4.07. The van der Waals surface area contributed by atoms with Gasteiger partial charge in [-0.2, -0.15) is 0 Å². The number of aryl methyl sites for hydroxylation is 1. The van der Waals surface area contributed by atoms with Gasteiger partial charge in [0, 0.05) is 24.2 Å². The van der Waals surface area contributed by atoms with E-state index in [4.69, 9.17) is 11.6 Å². The average Bonchev–Trinajstić information content (AvgIpc) is 2.87. The fourth-order valence-corrected chi connectivity index (χ4v) is 2.34. The fraction of sp³-hybridized carbons (Fsp3) is 0.333. The molecular weight excluding hydrogens is 320 g/mol. The third-order valence-electron chi connectivity index (χ3n) is 3.34. The molecule has 8 heteroatoms. The molecule has 0 N–H and O–H groups in total.